The molecule has 0 aliphatic carbocycles. The van der Waals surface area contributed by atoms with Crippen molar-refractivity contribution in [3.63, 3.8) is 0 Å². The summed E-state index contributed by atoms with van der Waals surface area (Å²) in [6.07, 6.45) is 2.18. The van der Waals surface area contributed by atoms with Gasteiger partial charge < -0.3 is 28.4 Å². The van der Waals surface area contributed by atoms with Crippen LogP contribution in [0, 0.1) is 0 Å². The molecule has 0 saturated heterocycles. The van der Waals surface area contributed by atoms with Crippen LogP contribution < -0.4 is 23.9 Å². The monoisotopic (exact) mass is 223 g/mol. The van der Waals surface area contributed by atoms with Crippen LogP contribution in [0.15, 0.2) is 12.7 Å². The van der Waals surface area contributed by atoms with E-state index >= 15 is 0 Å². The molecule has 5 heteroatoms. The van der Waals surface area contributed by atoms with Crippen molar-refractivity contribution in [2.24, 2.45) is 11.5 Å². The molecular formula is C9H22ClN3O. The maximum absolute atomic E-state index is 9.47. The number of nitrogens with zero attached hydrogens (tertiary/aromatic N) is 1. The summed E-state index contributed by atoms with van der Waals surface area (Å²) in [4.78, 5) is 9.47. The van der Waals surface area contributed by atoms with Crippen LogP contribution in [0.1, 0.15) is 6.42 Å². The number of quaternary nitrogens is 1. The quantitative estimate of drug-likeness (QED) is 0.388. The number of hydrogen-bond donors (Lipinski definition) is 2. The van der Waals surface area contributed by atoms with E-state index in [-0.39, 0.29) is 12.4 Å². The molecule has 0 rings (SSSR count). The molecule has 0 bridgehead atoms. The Morgan fingerprint density at radius 1 is 1.43 bits per heavy atom. The summed E-state index contributed by atoms with van der Waals surface area (Å²) in [5.41, 5.74) is 9.86. The second kappa shape index (κ2) is 10.5. The largest absolute Gasteiger partial charge is 1.00 e. The highest BCUT2D eigenvalue weighted by Gasteiger charge is 2.03. The lowest BCUT2D eigenvalue weighted by atomic mass is 10.4. The standard InChI is InChI=1S/C6H17N2.C3H5NO.ClH/c1-8(2,3)6-4-5-7;1-2-3(4)5;/h4-7H2,1-3H3;2H,1H2,(H2,4,5);1H/q+1;;/p-1. The Bertz CT molecular complexity index is 155. The van der Waals surface area contributed by atoms with E-state index in [0.29, 0.717) is 0 Å². The molecule has 0 unspecified atom stereocenters. The lowest BCUT2D eigenvalue weighted by Gasteiger charge is -2.23. The van der Waals surface area contributed by atoms with E-state index in [1.165, 1.54) is 6.54 Å². The van der Waals surface area contributed by atoms with Crippen LogP contribution in [0.2, 0.25) is 0 Å². The van der Waals surface area contributed by atoms with Gasteiger partial charge in [0.15, 0.2) is 0 Å². The van der Waals surface area contributed by atoms with Gasteiger partial charge in [0.2, 0.25) is 5.91 Å². The molecule has 86 valence electrons. The zero-order chi connectivity index (χ0) is 10.9. The van der Waals surface area contributed by atoms with Gasteiger partial charge in [0.1, 0.15) is 0 Å². The van der Waals surface area contributed by atoms with Crippen LogP contribution in [0.25, 0.3) is 0 Å². The normalized spacial score (nSPS) is 9.14. The Hall–Kier alpha value is -0.580. The van der Waals surface area contributed by atoms with Gasteiger partial charge in [-0.1, -0.05) is 6.58 Å². The number of primary amides is 1. The summed E-state index contributed by atoms with van der Waals surface area (Å²) >= 11 is 0. The molecule has 1 amide bonds. The lowest BCUT2D eigenvalue weighted by Crippen LogP contribution is -3.00. The smallest absolute Gasteiger partial charge is 0.240 e. The molecule has 0 heterocycles. The fourth-order valence-electron chi connectivity index (χ4n) is 0.566. The average Bonchev–Trinajstić information content (AvgIpc) is 2.00. The third-order valence-corrected chi connectivity index (χ3v) is 1.23. The lowest BCUT2D eigenvalue weighted by molar-refractivity contribution is -0.870. The molecule has 4 nitrogen and oxygen atoms in total. The number of rotatable bonds is 4. The number of nitrogens with two attached hydrogens (primary N) is 2. The number of halogens is 1. The maximum atomic E-state index is 9.47. The third kappa shape index (κ3) is 30.1. The molecule has 0 atom stereocenters. The van der Waals surface area contributed by atoms with E-state index in [1.807, 2.05) is 0 Å². The minimum atomic E-state index is -0.481. The highest BCUT2D eigenvalue weighted by Crippen LogP contribution is 1.90. The van der Waals surface area contributed by atoms with Crippen LogP contribution in [-0.4, -0.2) is 44.6 Å². The van der Waals surface area contributed by atoms with E-state index in [1.54, 1.807) is 0 Å². The van der Waals surface area contributed by atoms with Crippen LogP contribution >= 0.6 is 0 Å². The molecular weight excluding hydrogens is 202 g/mol. The van der Waals surface area contributed by atoms with Gasteiger partial charge in [-0.3, -0.25) is 4.79 Å². The first-order chi connectivity index (χ1) is 5.83. The van der Waals surface area contributed by atoms with Crippen molar-refractivity contribution >= 4 is 5.91 Å². The Balaban J connectivity index is -0.000000177. The summed E-state index contributed by atoms with van der Waals surface area (Å²) in [5, 5.41) is 0. The van der Waals surface area contributed by atoms with Gasteiger partial charge in [0, 0.05) is 6.42 Å². The van der Waals surface area contributed by atoms with E-state index in [2.05, 4.69) is 33.5 Å². The molecule has 14 heavy (non-hydrogen) atoms. The first-order valence-corrected chi connectivity index (χ1v) is 4.26. The predicted octanol–water partition coefficient (Wildman–Crippen LogP) is -3.30. The Labute approximate surface area is 92.9 Å². The molecule has 0 radical (unpaired) electrons. The van der Waals surface area contributed by atoms with Crippen molar-refractivity contribution in [2.75, 3.05) is 34.2 Å². The van der Waals surface area contributed by atoms with Crippen molar-refractivity contribution in [2.45, 2.75) is 6.42 Å². The number of amides is 1. The zero-order valence-corrected chi connectivity index (χ0v) is 10.0. The van der Waals surface area contributed by atoms with Gasteiger partial charge >= 0.3 is 0 Å². The molecule has 0 aromatic heterocycles. The number of carbonyl (C=O) groups is 1. The number of carbonyl (C=O) groups excluding carboxylic acids is 1. The summed E-state index contributed by atoms with van der Waals surface area (Å²) in [6, 6.07) is 0. The van der Waals surface area contributed by atoms with Crippen LogP contribution in [0.5, 0.6) is 0 Å². The second-order valence-electron chi connectivity index (χ2n) is 3.76. The van der Waals surface area contributed by atoms with Gasteiger partial charge in [0.05, 0.1) is 27.7 Å². The minimum Gasteiger partial charge on any atom is -1.00 e. The van der Waals surface area contributed by atoms with Gasteiger partial charge in [-0.25, -0.2) is 0 Å². The third-order valence-electron chi connectivity index (χ3n) is 1.23. The topological polar surface area (TPSA) is 69.1 Å². The average molecular weight is 224 g/mol. The molecule has 0 aliphatic rings. The summed E-state index contributed by atoms with van der Waals surface area (Å²) in [5.74, 6) is -0.481. The van der Waals surface area contributed by atoms with E-state index in [4.69, 9.17) is 5.73 Å². The van der Waals surface area contributed by atoms with Gasteiger partial charge in [-0.2, -0.15) is 0 Å². The fraction of sp³-hybridized carbons (Fsp3) is 0.667. The van der Waals surface area contributed by atoms with Crippen molar-refractivity contribution in [3.8, 4) is 0 Å². The Kier molecular flexibility index (Phi) is 14.3. The van der Waals surface area contributed by atoms with Gasteiger partial charge in [0.25, 0.3) is 0 Å². The molecule has 0 saturated carbocycles. The summed E-state index contributed by atoms with van der Waals surface area (Å²) < 4.78 is 1.02. The second-order valence-corrected chi connectivity index (χ2v) is 3.76. The van der Waals surface area contributed by atoms with E-state index in [0.717, 1.165) is 23.5 Å². The summed E-state index contributed by atoms with van der Waals surface area (Å²) in [6.45, 7) is 5.08. The fourth-order valence-corrected chi connectivity index (χ4v) is 0.566. The van der Waals surface area contributed by atoms with Gasteiger partial charge in [-0.05, 0) is 12.6 Å². The highest BCUT2D eigenvalue weighted by molar-refractivity contribution is 5.84. The van der Waals surface area contributed by atoms with E-state index in [9.17, 15) is 4.79 Å². The first-order valence-electron chi connectivity index (χ1n) is 4.26. The predicted molar refractivity (Wildman–Crippen MR) is 56.0 cm³/mol. The SMILES string of the molecule is C=CC(N)=O.C[N+](C)(C)CCCN.[Cl-]. The molecule has 4 N–H and O–H groups in total. The van der Waals surface area contributed by atoms with Gasteiger partial charge in [-0.15, -0.1) is 0 Å². The van der Waals surface area contributed by atoms with E-state index < -0.39 is 5.91 Å². The van der Waals surface area contributed by atoms with Crippen molar-refractivity contribution in [1.29, 1.82) is 0 Å². The van der Waals surface area contributed by atoms with Crippen LogP contribution in [-0.2, 0) is 4.79 Å². The van der Waals surface area contributed by atoms with Crippen molar-refractivity contribution < 1.29 is 21.7 Å². The Morgan fingerprint density at radius 3 is 1.86 bits per heavy atom. The van der Waals surface area contributed by atoms with Crippen molar-refractivity contribution in [1.82, 2.24) is 0 Å². The molecule has 0 aliphatic heterocycles. The molecule has 0 spiro atoms. The maximum Gasteiger partial charge on any atom is 0.240 e. The molecule has 0 aromatic carbocycles. The Morgan fingerprint density at radius 2 is 1.79 bits per heavy atom. The highest BCUT2D eigenvalue weighted by atomic mass is 35.5. The minimum absolute atomic E-state index is 0. The molecule has 0 fully saturated rings. The van der Waals surface area contributed by atoms with Crippen LogP contribution in [0.3, 0.4) is 0 Å². The first kappa shape index (κ1) is 19.1. The number of hydrogen-bond acceptors (Lipinski definition) is 2. The zero-order valence-electron chi connectivity index (χ0n) is 9.29. The molecule has 0 aromatic rings. The summed E-state index contributed by atoms with van der Waals surface area (Å²) in [7, 11) is 6.53. The van der Waals surface area contributed by atoms with Crippen molar-refractivity contribution in [3.05, 3.63) is 12.7 Å². The van der Waals surface area contributed by atoms with Crippen LogP contribution in [0.4, 0.5) is 0 Å².